The molecule has 1 saturated heterocycles. The van der Waals surface area contributed by atoms with Crippen LogP contribution < -0.4 is 41.8 Å². The molecule has 576 valence electrons. The highest BCUT2D eigenvalue weighted by molar-refractivity contribution is 7.89. The van der Waals surface area contributed by atoms with E-state index >= 15 is 0 Å². The van der Waals surface area contributed by atoms with Crippen molar-refractivity contribution in [2.24, 2.45) is 10.3 Å². The average molecular weight is 1520 g/mol. The van der Waals surface area contributed by atoms with E-state index in [-0.39, 0.29) is 132 Å². The third kappa shape index (κ3) is 41.3. The van der Waals surface area contributed by atoms with Crippen LogP contribution in [-0.2, 0) is 125 Å². The van der Waals surface area contributed by atoms with E-state index in [1.54, 1.807) is 4.90 Å². The van der Waals surface area contributed by atoms with Crippen LogP contribution in [-0.4, -0.2) is 329 Å². The number of ether oxygens (including phenoxy) is 12. The fourth-order valence-corrected chi connectivity index (χ4v) is 9.83. The van der Waals surface area contributed by atoms with Gasteiger partial charge < -0.3 is 98.7 Å². The number of nitrogens with zero attached hydrogens (tertiary/aromatic N) is 3. The standard InChI is InChI=1S/C60H94N10O29S3/c61-101(84,85)46-5-1-44(2-6-46)64-53(73)40-68(11-12-69-41-54(74)70(55(75)42-69)45-3-7-47(8-4-45)102(62,86)87)39-52(72)63-10-14-89-16-18-91-20-22-93-24-26-95-28-30-97-32-34-99-36-35-98-33-31-96-29-27-94-25-23-92-21-19-90-17-15-88-13-9-51(71)65-48(37-56(76)77)58(80)66-49(38-57(78)79)59(81)67-50(43-100)60(82)83/h1-8,48-50,100H,9-43H2,(H,63,72)(H,64,73)(H,65,71)(H,66,80)(H,67,81)(H,76,77)(H,78,79)(H,82,83)(H2,61,84,85)(H2,62,86,87)/t48-,49-,50-/m0/s1. The van der Waals surface area contributed by atoms with Gasteiger partial charge in [-0.2, -0.15) is 12.6 Å². The summed E-state index contributed by atoms with van der Waals surface area (Å²) in [5, 5.41) is 49.6. The van der Waals surface area contributed by atoms with Crippen LogP contribution in [0.1, 0.15) is 19.3 Å². The topological polar surface area (TPSA) is 532 Å². The Balaban J connectivity index is 1.08. The first-order chi connectivity index (χ1) is 48.8. The molecule has 3 rings (SSSR count). The van der Waals surface area contributed by atoms with Crippen molar-refractivity contribution in [3.63, 3.8) is 0 Å². The summed E-state index contributed by atoms with van der Waals surface area (Å²) < 4.78 is 112. The van der Waals surface area contributed by atoms with Gasteiger partial charge in [-0.05, 0) is 48.5 Å². The lowest BCUT2D eigenvalue weighted by Gasteiger charge is -2.33. The normalized spacial score (nSPS) is 13.7. The number of hydrogen-bond acceptors (Lipinski definition) is 29. The molecule has 2 aromatic rings. The molecular weight excluding hydrogens is 1420 g/mol. The van der Waals surface area contributed by atoms with Crippen LogP contribution in [0, 0.1) is 0 Å². The van der Waals surface area contributed by atoms with E-state index in [9.17, 15) is 75.0 Å². The molecule has 1 aliphatic rings. The fraction of sp³-hybridized carbons (Fsp3) is 0.633. The Bertz CT molecular complexity index is 3090. The quantitative estimate of drug-likeness (QED) is 0.0168. The number of sulfonamides is 2. The number of carbonyl (C=O) groups is 10. The summed E-state index contributed by atoms with van der Waals surface area (Å²) in [5.74, 6) is -10.1. The number of benzene rings is 2. The van der Waals surface area contributed by atoms with Crippen LogP contribution in [0.25, 0.3) is 0 Å². The van der Waals surface area contributed by atoms with Crippen molar-refractivity contribution in [3.8, 4) is 0 Å². The van der Waals surface area contributed by atoms with Gasteiger partial charge in [0.15, 0.2) is 0 Å². The van der Waals surface area contributed by atoms with Gasteiger partial charge in [-0.1, -0.05) is 0 Å². The van der Waals surface area contributed by atoms with Gasteiger partial charge >= 0.3 is 17.9 Å². The summed E-state index contributed by atoms with van der Waals surface area (Å²) in [6, 6.07) is 5.14. The number of anilines is 2. The molecule has 0 spiro atoms. The second-order valence-electron chi connectivity index (χ2n) is 21.6. The predicted molar refractivity (Wildman–Crippen MR) is 359 cm³/mol. The van der Waals surface area contributed by atoms with Crippen LogP contribution >= 0.6 is 12.6 Å². The number of piperazine rings is 1. The first-order valence-corrected chi connectivity index (χ1v) is 35.7. The molecule has 0 radical (unpaired) electrons. The SMILES string of the molecule is NS(=O)(=O)c1ccc(NC(=O)CN(CCN2CC(=O)N(c3ccc(S(N)(=O)=O)cc3)C(=O)C2)CC(=O)NCCOCCOCCOCCOCCOCCOCCOCCOCCOCCOCCOCCOCCC(=O)N[C@@H](CC(=O)O)C(=O)N[C@@H](CC(=O)O)C(=O)N[C@@H](CS)C(=O)O)cc1. The Morgan fingerprint density at radius 2 is 0.814 bits per heavy atom. The minimum atomic E-state index is -4.00. The number of carbonyl (C=O) groups excluding carboxylic acids is 7. The Morgan fingerprint density at radius 3 is 1.18 bits per heavy atom. The van der Waals surface area contributed by atoms with Crippen LogP contribution in [0.15, 0.2) is 58.3 Å². The summed E-state index contributed by atoms with van der Waals surface area (Å²) in [6.07, 6.45) is -2.16. The van der Waals surface area contributed by atoms with E-state index in [1.807, 2.05) is 5.32 Å². The molecule has 0 bridgehead atoms. The minimum Gasteiger partial charge on any atom is -0.481 e. The zero-order valence-corrected chi connectivity index (χ0v) is 58.8. The largest absolute Gasteiger partial charge is 0.481 e. The number of aliphatic carboxylic acids is 3. The number of nitrogens with one attached hydrogen (secondary N) is 5. The summed E-state index contributed by atoms with van der Waals surface area (Å²) in [4.78, 5) is 128. The number of amides is 7. The highest BCUT2D eigenvalue weighted by Gasteiger charge is 2.34. The zero-order valence-electron chi connectivity index (χ0n) is 56.3. The first-order valence-electron chi connectivity index (χ1n) is 32.0. The second-order valence-corrected chi connectivity index (χ2v) is 25.1. The monoisotopic (exact) mass is 1510 g/mol. The Labute approximate surface area is 595 Å². The van der Waals surface area contributed by atoms with E-state index in [4.69, 9.17) is 72.2 Å². The van der Waals surface area contributed by atoms with E-state index in [1.165, 1.54) is 53.4 Å². The number of hydrogen-bond donors (Lipinski definition) is 11. The molecule has 0 aliphatic carbocycles. The van der Waals surface area contributed by atoms with Gasteiger partial charge in [0, 0.05) is 37.5 Å². The van der Waals surface area contributed by atoms with Gasteiger partial charge in [0.25, 0.3) is 0 Å². The van der Waals surface area contributed by atoms with Crippen LogP contribution in [0.2, 0.25) is 0 Å². The minimum absolute atomic E-state index is 0.0696. The lowest BCUT2D eigenvalue weighted by Crippen LogP contribution is -2.57. The number of imide groups is 1. The summed E-state index contributed by atoms with van der Waals surface area (Å²) in [6.45, 7) is 6.49. The highest BCUT2D eigenvalue weighted by Crippen LogP contribution is 2.21. The number of carboxylic acids is 3. The molecule has 12 N–H and O–H groups in total. The van der Waals surface area contributed by atoms with Crippen molar-refractivity contribution in [1.82, 2.24) is 31.1 Å². The number of carboxylic acid groups (broad SMARTS) is 3. The maximum absolute atomic E-state index is 13.1. The lowest BCUT2D eigenvalue weighted by atomic mass is 10.1. The molecular formula is C60H94N10O29S3. The van der Waals surface area contributed by atoms with Gasteiger partial charge in [0.1, 0.15) is 18.1 Å². The summed E-state index contributed by atoms with van der Waals surface area (Å²) in [7, 11) is -7.97. The molecule has 1 heterocycles. The molecule has 1 fully saturated rings. The van der Waals surface area contributed by atoms with Gasteiger partial charge in [-0.15, -0.1) is 0 Å². The third-order valence-corrected chi connectivity index (χ3v) is 15.8. The maximum atomic E-state index is 13.1. The van der Waals surface area contributed by atoms with E-state index < -0.39 is 110 Å². The maximum Gasteiger partial charge on any atom is 0.327 e. The molecule has 0 saturated carbocycles. The van der Waals surface area contributed by atoms with Crippen LogP contribution in [0.3, 0.4) is 0 Å². The van der Waals surface area contributed by atoms with Crippen molar-refractivity contribution < 1.29 is 137 Å². The van der Waals surface area contributed by atoms with E-state index in [0.717, 1.165) is 4.90 Å². The molecule has 2 aromatic carbocycles. The van der Waals surface area contributed by atoms with Gasteiger partial charge in [0.05, 0.1) is 213 Å². The van der Waals surface area contributed by atoms with Crippen molar-refractivity contribution in [3.05, 3.63) is 48.5 Å². The number of rotatable bonds is 61. The molecule has 0 aromatic heterocycles. The molecule has 1 aliphatic heterocycles. The van der Waals surface area contributed by atoms with E-state index in [0.29, 0.717) is 106 Å². The van der Waals surface area contributed by atoms with E-state index in [2.05, 4.69) is 33.9 Å². The van der Waals surface area contributed by atoms with Gasteiger partial charge in [0.2, 0.25) is 61.4 Å². The van der Waals surface area contributed by atoms with Crippen molar-refractivity contribution in [2.45, 2.75) is 47.2 Å². The third-order valence-electron chi connectivity index (χ3n) is 13.5. The van der Waals surface area contributed by atoms with Gasteiger partial charge in [-0.3, -0.25) is 53.0 Å². The molecule has 3 atom stereocenters. The molecule has 102 heavy (non-hydrogen) atoms. The number of nitrogens with two attached hydrogens (primary N) is 2. The second kappa shape index (κ2) is 52.0. The predicted octanol–water partition coefficient (Wildman–Crippen LogP) is -4.78. The Morgan fingerprint density at radius 1 is 0.471 bits per heavy atom. The Hall–Kier alpha value is -7.05. The van der Waals surface area contributed by atoms with Crippen molar-refractivity contribution in [2.75, 3.05) is 220 Å². The van der Waals surface area contributed by atoms with Crippen LogP contribution in [0.5, 0.6) is 0 Å². The van der Waals surface area contributed by atoms with Crippen LogP contribution in [0.4, 0.5) is 11.4 Å². The molecule has 7 amide bonds. The lowest BCUT2D eigenvalue weighted by molar-refractivity contribution is -0.144. The fourth-order valence-electron chi connectivity index (χ4n) is 8.55. The summed E-state index contributed by atoms with van der Waals surface area (Å²) in [5.41, 5.74) is 0.434. The molecule has 0 unspecified atom stereocenters. The molecule has 39 nitrogen and oxygen atoms in total. The Kier molecular flexibility index (Phi) is 45.4. The van der Waals surface area contributed by atoms with Gasteiger partial charge in [-0.25, -0.2) is 36.8 Å². The number of thiol groups is 1. The van der Waals surface area contributed by atoms with Crippen molar-refractivity contribution in [1.29, 1.82) is 0 Å². The highest BCUT2D eigenvalue weighted by atomic mass is 32.2. The number of primary sulfonamides is 2. The van der Waals surface area contributed by atoms with Crippen molar-refractivity contribution >= 4 is 103 Å². The smallest absolute Gasteiger partial charge is 0.327 e. The molecule has 42 heteroatoms. The summed E-state index contributed by atoms with van der Waals surface area (Å²) >= 11 is 3.80. The average Bonchev–Trinajstić information content (AvgIpc) is 0.806. The first kappa shape index (κ1) is 89.2. The zero-order chi connectivity index (χ0) is 75.0.